The zero-order chi connectivity index (χ0) is 18.2. The number of benzene rings is 1. The van der Waals surface area contributed by atoms with Crippen molar-refractivity contribution in [1.29, 1.82) is 0 Å². The number of hydrogen-bond acceptors (Lipinski definition) is 3. The minimum absolute atomic E-state index is 0.0437. The molecular formula is C19H28FN3O2. The number of carbonyl (C=O) groups excluding carboxylic acids is 2. The highest BCUT2D eigenvalue weighted by Crippen LogP contribution is 2.20. The summed E-state index contributed by atoms with van der Waals surface area (Å²) in [5, 5.41) is 5.29. The molecule has 6 heteroatoms. The number of halogens is 1. The molecule has 2 rings (SSSR count). The van der Waals surface area contributed by atoms with Gasteiger partial charge in [-0.1, -0.05) is 38.3 Å². The van der Waals surface area contributed by atoms with Crippen molar-refractivity contribution in [3.63, 3.8) is 0 Å². The van der Waals surface area contributed by atoms with Gasteiger partial charge in [-0.25, -0.2) is 9.18 Å². The highest BCUT2D eigenvalue weighted by atomic mass is 19.1. The number of nitrogens with zero attached hydrogens (tertiary/aromatic N) is 1. The van der Waals surface area contributed by atoms with E-state index in [0.717, 1.165) is 31.2 Å². The zero-order valence-electron chi connectivity index (χ0n) is 15.1. The maximum absolute atomic E-state index is 13.1. The highest BCUT2D eigenvalue weighted by Gasteiger charge is 2.20. The van der Waals surface area contributed by atoms with Gasteiger partial charge in [0.15, 0.2) is 0 Å². The molecule has 1 aliphatic rings. The fraction of sp³-hybridized carbons (Fsp3) is 0.579. The van der Waals surface area contributed by atoms with Crippen LogP contribution in [0.1, 0.15) is 57.6 Å². The van der Waals surface area contributed by atoms with E-state index < -0.39 is 6.03 Å². The summed E-state index contributed by atoms with van der Waals surface area (Å²) in [4.78, 5) is 26.1. The Labute approximate surface area is 149 Å². The summed E-state index contributed by atoms with van der Waals surface area (Å²) in [5.74, 6) is -0.611. The molecule has 0 aliphatic heterocycles. The minimum atomic E-state index is -0.414. The Morgan fingerprint density at radius 3 is 2.44 bits per heavy atom. The molecule has 0 unspecified atom stereocenters. The van der Waals surface area contributed by atoms with E-state index in [4.69, 9.17) is 0 Å². The molecule has 2 N–H and O–H groups in total. The lowest BCUT2D eigenvalue weighted by atomic mass is 9.96. The summed E-state index contributed by atoms with van der Waals surface area (Å²) in [6, 6.07) is 5.98. The molecule has 0 heterocycles. The third-order valence-electron chi connectivity index (χ3n) is 4.85. The Morgan fingerprint density at radius 1 is 1.20 bits per heavy atom. The number of rotatable bonds is 6. The van der Waals surface area contributed by atoms with Gasteiger partial charge < -0.3 is 5.32 Å². The Kier molecular flexibility index (Phi) is 7.37. The molecule has 25 heavy (non-hydrogen) atoms. The third-order valence-corrected chi connectivity index (χ3v) is 4.85. The average molecular weight is 349 g/mol. The number of urea groups is 1. The summed E-state index contributed by atoms with van der Waals surface area (Å²) < 4.78 is 13.1. The molecule has 1 aromatic rings. The maximum atomic E-state index is 13.1. The van der Waals surface area contributed by atoms with Gasteiger partial charge >= 0.3 is 6.03 Å². The first kappa shape index (κ1) is 19.4. The predicted molar refractivity (Wildman–Crippen MR) is 95.6 cm³/mol. The molecule has 0 bridgehead atoms. The van der Waals surface area contributed by atoms with E-state index >= 15 is 0 Å². The maximum Gasteiger partial charge on any atom is 0.321 e. The van der Waals surface area contributed by atoms with E-state index in [9.17, 15) is 14.0 Å². The molecule has 0 aromatic heterocycles. The van der Waals surface area contributed by atoms with Crippen LogP contribution in [0.3, 0.4) is 0 Å². The standard InChI is InChI=1S/C19H28FN3O2/c1-3-23(14(2)15-9-11-16(20)12-10-15)13-18(24)22-19(25)21-17-7-5-4-6-8-17/h9-12,14,17H,3-8,13H2,1-2H3,(H2,21,22,24,25)/t14-/m1/s1. The molecule has 1 atom stereocenters. The largest absolute Gasteiger partial charge is 0.335 e. The molecular weight excluding hydrogens is 321 g/mol. The average Bonchev–Trinajstić information content (AvgIpc) is 2.60. The van der Waals surface area contributed by atoms with E-state index in [0.29, 0.717) is 6.54 Å². The molecule has 1 fully saturated rings. The Balaban J connectivity index is 1.83. The van der Waals surface area contributed by atoms with Gasteiger partial charge in [0, 0.05) is 12.1 Å². The van der Waals surface area contributed by atoms with Crippen molar-refractivity contribution in [2.75, 3.05) is 13.1 Å². The Hall–Kier alpha value is -1.95. The van der Waals surface area contributed by atoms with Gasteiger partial charge in [-0.2, -0.15) is 0 Å². The molecule has 1 aromatic carbocycles. The zero-order valence-corrected chi connectivity index (χ0v) is 15.1. The number of imide groups is 1. The Bertz CT molecular complexity index is 571. The van der Waals surface area contributed by atoms with E-state index in [1.165, 1.54) is 18.6 Å². The Morgan fingerprint density at radius 2 is 1.84 bits per heavy atom. The van der Waals surface area contributed by atoms with E-state index in [1.54, 1.807) is 12.1 Å². The van der Waals surface area contributed by atoms with Crippen LogP contribution in [0.2, 0.25) is 0 Å². The van der Waals surface area contributed by atoms with Crippen LogP contribution >= 0.6 is 0 Å². The third kappa shape index (κ3) is 6.12. The highest BCUT2D eigenvalue weighted by molar-refractivity contribution is 5.95. The molecule has 3 amide bonds. The van der Waals surface area contributed by atoms with Crippen molar-refractivity contribution in [2.45, 2.75) is 58.0 Å². The van der Waals surface area contributed by atoms with Crippen LogP contribution in [0, 0.1) is 5.82 Å². The van der Waals surface area contributed by atoms with Crippen molar-refractivity contribution in [2.24, 2.45) is 0 Å². The van der Waals surface area contributed by atoms with Gasteiger partial charge in [-0.15, -0.1) is 0 Å². The molecule has 138 valence electrons. The second kappa shape index (κ2) is 9.51. The quantitative estimate of drug-likeness (QED) is 0.828. The first-order valence-corrected chi connectivity index (χ1v) is 9.09. The van der Waals surface area contributed by atoms with E-state index in [1.807, 2.05) is 18.7 Å². The van der Waals surface area contributed by atoms with Crippen molar-refractivity contribution in [3.05, 3.63) is 35.6 Å². The number of amides is 3. The van der Waals surface area contributed by atoms with Crippen LogP contribution in [0.4, 0.5) is 9.18 Å². The summed E-state index contributed by atoms with van der Waals surface area (Å²) in [6.07, 6.45) is 5.41. The normalized spacial score (nSPS) is 16.5. The first-order chi connectivity index (χ1) is 12.0. The van der Waals surface area contributed by atoms with Crippen molar-refractivity contribution >= 4 is 11.9 Å². The van der Waals surface area contributed by atoms with Crippen molar-refractivity contribution in [3.8, 4) is 0 Å². The summed E-state index contributed by atoms with van der Waals surface area (Å²) in [5.41, 5.74) is 0.933. The predicted octanol–water partition coefficient (Wildman–Crippen LogP) is 3.37. The number of carbonyl (C=O) groups is 2. The first-order valence-electron chi connectivity index (χ1n) is 9.09. The second-order valence-electron chi connectivity index (χ2n) is 6.65. The van der Waals surface area contributed by atoms with Crippen LogP contribution in [0.15, 0.2) is 24.3 Å². The smallest absolute Gasteiger partial charge is 0.321 e. The lowest BCUT2D eigenvalue weighted by Crippen LogP contribution is -2.48. The van der Waals surface area contributed by atoms with Crippen LogP contribution in [0.5, 0.6) is 0 Å². The number of likely N-dealkylation sites (N-methyl/N-ethyl adjacent to an activating group) is 1. The van der Waals surface area contributed by atoms with Crippen molar-refractivity contribution < 1.29 is 14.0 Å². The molecule has 0 saturated heterocycles. The second-order valence-corrected chi connectivity index (χ2v) is 6.65. The minimum Gasteiger partial charge on any atom is -0.335 e. The van der Waals surface area contributed by atoms with E-state index in [2.05, 4.69) is 10.6 Å². The van der Waals surface area contributed by atoms with Crippen LogP contribution in [-0.2, 0) is 4.79 Å². The van der Waals surface area contributed by atoms with Gasteiger partial charge in [0.25, 0.3) is 0 Å². The fourth-order valence-electron chi connectivity index (χ4n) is 3.29. The summed E-state index contributed by atoms with van der Waals surface area (Å²) in [7, 11) is 0. The number of hydrogen-bond donors (Lipinski definition) is 2. The van der Waals surface area contributed by atoms with Crippen molar-refractivity contribution in [1.82, 2.24) is 15.5 Å². The van der Waals surface area contributed by atoms with Gasteiger partial charge in [0.05, 0.1) is 6.54 Å². The summed E-state index contributed by atoms with van der Waals surface area (Å²) in [6.45, 7) is 4.69. The van der Waals surface area contributed by atoms with Gasteiger partial charge in [-0.05, 0) is 44.0 Å². The van der Waals surface area contributed by atoms with E-state index in [-0.39, 0.29) is 30.4 Å². The molecule has 0 spiro atoms. The van der Waals surface area contributed by atoms with Crippen LogP contribution in [0.25, 0.3) is 0 Å². The topological polar surface area (TPSA) is 61.4 Å². The molecule has 5 nitrogen and oxygen atoms in total. The molecule has 1 aliphatic carbocycles. The van der Waals surface area contributed by atoms with Gasteiger partial charge in [0.1, 0.15) is 5.82 Å². The molecule has 1 saturated carbocycles. The van der Waals surface area contributed by atoms with Gasteiger partial charge in [0.2, 0.25) is 5.91 Å². The monoisotopic (exact) mass is 349 g/mol. The molecule has 0 radical (unpaired) electrons. The lowest BCUT2D eigenvalue weighted by molar-refractivity contribution is -0.121. The van der Waals surface area contributed by atoms with Gasteiger partial charge in [-0.3, -0.25) is 15.0 Å². The summed E-state index contributed by atoms with van der Waals surface area (Å²) >= 11 is 0. The van der Waals surface area contributed by atoms with Crippen LogP contribution in [-0.4, -0.2) is 36.0 Å². The lowest BCUT2D eigenvalue weighted by Gasteiger charge is -2.28. The van der Waals surface area contributed by atoms with Crippen LogP contribution < -0.4 is 10.6 Å². The SMILES string of the molecule is CCN(CC(=O)NC(=O)NC1CCCCC1)[C@H](C)c1ccc(F)cc1. The number of nitrogens with one attached hydrogen (secondary N) is 2. The fourth-order valence-corrected chi connectivity index (χ4v) is 3.29.